The number of rotatable bonds is 3. The number of hydrogen-bond donors (Lipinski definition) is 1. The van der Waals surface area contributed by atoms with Crippen molar-refractivity contribution >= 4 is 11.4 Å². The molecule has 112 valence electrons. The molecule has 1 N–H and O–H groups in total. The SMILES string of the molecule is CNc1ccc(N2CCN(C)CC2)cc1OC(F)(F)F. The van der Waals surface area contributed by atoms with E-state index in [9.17, 15) is 13.2 Å². The van der Waals surface area contributed by atoms with Gasteiger partial charge in [0.2, 0.25) is 0 Å². The van der Waals surface area contributed by atoms with Crippen molar-refractivity contribution in [2.45, 2.75) is 6.36 Å². The van der Waals surface area contributed by atoms with E-state index in [-0.39, 0.29) is 5.75 Å². The Morgan fingerprint density at radius 1 is 1.15 bits per heavy atom. The number of nitrogens with zero attached hydrogens (tertiary/aromatic N) is 2. The van der Waals surface area contributed by atoms with Crippen LogP contribution in [0.2, 0.25) is 0 Å². The number of alkyl halides is 3. The molecular formula is C13H18F3N3O. The Balaban J connectivity index is 2.20. The molecule has 1 fully saturated rings. The third-order valence-electron chi connectivity index (χ3n) is 3.33. The van der Waals surface area contributed by atoms with Crippen LogP contribution in [0.4, 0.5) is 24.5 Å². The molecule has 20 heavy (non-hydrogen) atoms. The third kappa shape index (κ3) is 3.69. The lowest BCUT2D eigenvalue weighted by atomic mass is 10.2. The molecule has 1 aliphatic rings. The summed E-state index contributed by atoms with van der Waals surface area (Å²) < 4.78 is 41.3. The molecule has 0 unspecified atom stereocenters. The Labute approximate surface area is 116 Å². The van der Waals surface area contributed by atoms with Gasteiger partial charge in [-0.15, -0.1) is 13.2 Å². The Kier molecular flexibility index (Phi) is 4.27. The molecule has 0 saturated carbocycles. The highest BCUT2D eigenvalue weighted by molar-refractivity contribution is 5.64. The van der Waals surface area contributed by atoms with Gasteiger partial charge in [0, 0.05) is 45.0 Å². The Morgan fingerprint density at radius 2 is 1.80 bits per heavy atom. The molecule has 1 heterocycles. The first-order chi connectivity index (χ1) is 9.39. The van der Waals surface area contributed by atoms with Crippen molar-refractivity contribution in [3.63, 3.8) is 0 Å². The van der Waals surface area contributed by atoms with Crippen LogP contribution in [0, 0.1) is 0 Å². The topological polar surface area (TPSA) is 27.7 Å². The van der Waals surface area contributed by atoms with Crippen LogP contribution in [0.25, 0.3) is 0 Å². The first-order valence-electron chi connectivity index (χ1n) is 6.40. The van der Waals surface area contributed by atoms with E-state index in [1.807, 2.05) is 7.05 Å². The molecule has 2 rings (SSSR count). The number of benzene rings is 1. The fourth-order valence-corrected chi connectivity index (χ4v) is 2.19. The van der Waals surface area contributed by atoms with Gasteiger partial charge < -0.3 is 19.9 Å². The second kappa shape index (κ2) is 5.78. The maximum Gasteiger partial charge on any atom is 0.573 e. The van der Waals surface area contributed by atoms with E-state index in [1.165, 1.54) is 6.07 Å². The van der Waals surface area contributed by atoms with Gasteiger partial charge in [-0.1, -0.05) is 0 Å². The summed E-state index contributed by atoms with van der Waals surface area (Å²) in [7, 11) is 3.59. The van der Waals surface area contributed by atoms with Crippen LogP contribution in [0.15, 0.2) is 18.2 Å². The number of anilines is 2. The van der Waals surface area contributed by atoms with E-state index in [0.717, 1.165) is 31.9 Å². The minimum atomic E-state index is -4.69. The predicted molar refractivity (Wildman–Crippen MR) is 72.4 cm³/mol. The highest BCUT2D eigenvalue weighted by atomic mass is 19.4. The zero-order valence-corrected chi connectivity index (χ0v) is 11.5. The van der Waals surface area contributed by atoms with E-state index < -0.39 is 6.36 Å². The molecule has 0 aromatic heterocycles. The fraction of sp³-hybridized carbons (Fsp3) is 0.538. The smallest absolute Gasteiger partial charge is 0.403 e. The van der Waals surface area contributed by atoms with Gasteiger partial charge in [-0.05, 0) is 19.2 Å². The summed E-state index contributed by atoms with van der Waals surface area (Å²) in [4.78, 5) is 4.24. The van der Waals surface area contributed by atoms with Gasteiger partial charge in [0.15, 0.2) is 5.75 Å². The molecule has 7 heteroatoms. The maximum atomic E-state index is 12.4. The zero-order valence-electron chi connectivity index (χ0n) is 11.5. The molecule has 0 amide bonds. The Hall–Kier alpha value is -1.63. The number of nitrogens with one attached hydrogen (secondary N) is 1. The molecule has 1 aromatic rings. The van der Waals surface area contributed by atoms with Crippen molar-refractivity contribution in [1.29, 1.82) is 0 Å². The molecule has 0 aliphatic carbocycles. The fourth-order valence-electron chi connectivity index (χ4n) is 2.19. The summed E-state index contributed by atoms with van der Waals surface area (Å²) in [5.74, 6) is -0.198. The largest absolute Gasteiger partial charge is 0.573 e. The summed E-state index contributed by atoms with van der Waals surface area (Å²) in [5.41, 5.74) is 1.07. The lowest BCUT2D eigenvalue weighted by Crippen LogP contribution is -2.44. The van der Waals surface area contributed by atoms with Crippen LogP contribution in [-0.4, -0.2) is 51.5 Å². The number of ether oxygens (including phenoxy) is 1. The van der Waals surface area contributed by atoms with Gasteiger partial charge in [0.25, 0.3) is 0 Å². The third-order valence-corrected chi connectivity index (χ3v) is 3.33. The van der Waals surface area contributed by atoms with Crippen molar-refractivity contribution in [2.75, 3.05) is 50.5 Å². The average molecular weight is 289 g/mol. The molecule has 0 bridgehead atoms. The van der Waals surface area contributed by atoms with Crippen LogP contribution in [0.5, 0.6) is 5.75 Å². The molecule has 0 spiro atoms. The van der Waals surface area contributed by atoms with Crippen LogP contribution in [0.1, 0.15) is 0 Å². The van der Waals surface area contributed by atoms with Gasteiger partial charge >= 0.3 is 6.36 Å². The highest BCUT2D eigenvalue weighted by Gasteiger charge is 2.32. The quantitative estimate of drug-likeness (QED) is 0.924. The Bertz CT molecular complexity index is 457. The number of hydrogen-bond acceptors (Lipinski definition) is 4. The molecule has 4 nitrogen and oxygen atoms in total. The number of likely N-dealkylation sites (N-methyl/N-ethyl adjacent to an activating group) is 1. The summed E-state index contributed by atoms with van der Waals surface area (Å²) in [6.07, 6.45) is -4.69. The van der Waals surface area contributed by atoms with E-state index in [2.05, 4.69) is 19.9 Å². The van der Waals surface area contributed by atoms with Crippen LogP contribution >= 0.6 is 0 Å². The van der Waals surface area contributed by atoms with E-state index >= 15 is 0 Å². The van der Waals surface area contributed by atoms with Crippen molar-refractivity contribution in [2.24, 2.45) is 0 Å². The van der Waals surface area contributed by atoms with Crippen LogP contribution in [0.3, 0.4) is 0 Å². The van der Waals surface area contributed by atoms with Crippen molar-refractivity contribution in [3.8, 4) is 5.75 Å². The highest BCUT2D eigenvalue weighted by Crippen LogP contribution is 2.34. The van der Waals surface area contributed by atoms with E-state index in [4.69, 9.17) is 0 Å². The standard InChI is InChI=1S/C13H18F3N3O/c1-17-11-4-3-10(9-12(11)20-13(14,15)16)19-7-5-18(2)6-8-19/h3-4,9,17H,5-8H2,1-2H3. The van der Waals surface area contributed by atoms with Crippen molar-refractivity contribution in [1.82, 2.24) is 4.90 Å². The van der Waals surface area contributed by atoms with Gasteiger partial charge in [0.1, 0.15) is 0 Å². The molecular weight excluding hydrogens is 271 g/mol. The van der Waals surface area contributed by atoms with Crippen LogP contribution < -0.4 is 15.0 Å². The number of piperazine rings is 1. The van der Waals surface area contributed by atoms with Gasteiger partial charge in [-0.2, -0.15) is 0 Å². The van der Waals surface area contributed by atoms with E-state index in [0.29, 0.717) is 5.69 Å². The van der Waals surface area contributed by atoms with Crippen molar-refractivity contribution < 1.29 is 17.9 Å². The molecule has 1 aromatic carbocycles. The minimum Gasteiger partial charge on any atom is -0.403 e. The van der Waals surface area contributed by atoms with Crippen molar-refractivity contribution in [3.05, 3.63) is 18.2 Å². The van der Waals surface area contributed by atoms with E-state index in [1.54, 1.807) is 19.2 Å². The monoisotopic (exact) mass is 289 g/mol. The summed E-state index contributed by atoms with van der Waals surface area (Å²) in [5, 5.41) is 2.70. The average Bonchev–Trinajstić information content (AvgIpc) is 2.37. The minimum absolute atomic E-state index is 0.198. The normalized spacial score (nSPS) is 17.1. The van der Waals surface area contributed by atoms with Crippen LogP contribution in [-0.2, 0) is 0 Å². The summed E-state index contributed by atoms with van der Waals surface area (Å²) >= 11 is 0. The first-order valence-corrected chi connectivity index (χ1v) is 6.40. The lowest BCUT2D eigenvalue weighted by molar-refractivity contribution is -0.274. The summed E-state index contributed by atoms with van der Waals surface area (Å²) in [6, 6.07) is 4.85. The lowest BCUT2D eigenvalue weighted by Gasteiger charge is -2.34. The summed E-state index contributed by atoms with van der Waals surface area (Å²) in [6.45, 7) is 3.37. The second-order valence-electron chi connectivity index (χ2n) is 4.77. The molecule has 1 aliphatic heterocycles. The maximum absolute atomic E-state index is 12.4. The predicted octanol–water partition coefficient (Wildman–Crippen LogP) is 2.38. The second-order valence-corrected chi connectivity index (χ2v) is 4.77. The first kappa shape index (κ1) is 14.8. The molecule has 0 radical (unpaired) electrons. The molecule has 1 saturated heterocycles. The molecule has 0 atom stereocenters. The van der Waals surface area contributed by atoms with Gasteiger partial charge in [-0.25, -0.2) is 0 Å². The Morgan fingerprint density at radius 3 is 2.35 bits per heavy atom. The zero-order chi connectivity index (χ0) is 14.8. The van der Waals surface area contributed by atoms with Gasteiger partial charge in [-0.3, -0.25) is 0 Å². The van der Waals surface area contributed by atoms with Gasteiger partial charge in [0.05, 0.1) is 5.69 Å². The number of halogens is 3.